The summed E-state index contributed by atoms with van der Waals surface area (Å²) in [5, 5.41) is 2.86. The van der Waals surface area contributed by atoms with Crippen molar-refractivity contribution in [3.05, 3.63) is 44.9 Å². The number of ether oxygens (including phenoxy) is 1. The van der Waals surface area contributed by atoms with E-state index in [0.29, 0.717) is 30.7 Å². The Morgan fingerprint density at radius 1 is 1.39 bits per heavy atom. The summed E-state index contributed by atoms with van der Waals surface area (Å²) in [6.45, 7) is 5.77. The molecular weight excluding hydrogens is 428 g/mol. The molecule has 0 unspecified atom stereocenters. The lowest BCUT2D eigenvalue weighted by Gasteiger charge is -2.29. The van der Waals surface area contributed by atoms with Crippen LogP contribution in [-0.4, -0.2) is 44.5 Å². The molecule has 0 bridgehead atoms. The molecule has 1 saturated heterocycles. The second-order valence-corrected chi connectivity index (χ2v) is 8.74. The summed E-state index contributed by atoms with van der Waals surface area (Å²) >= 11 is 3.37. The SMILES string of the molecule is CC(C)(C)OC(=O)N(Cc1cc(=O)n2ccc(Br)cc2n1)C[C@@H]1CCC(=O)N1. The van der Waals surface area contributed by atoms with Gasteiger partial charge in [0.05, 0.1) is 12.2 Å². The summed E-state index contributed by atoms with van der Waals surface area (Å²) in [4.78, 5) is 42.6. The van der Waals surface area contributed by atoms with Gasteiger partial charge in [-0.2, -0.15) is 0 Å². The van der Waals surface area contributed by atoms with Gasteiger partial charge < -0.3 is 15.0 Å². The van der Waals surface area contributed by atoms with Crippen LogP contribution in [0.4, 0.5) is 4.79 Å². The fourth-order valence-corrected chi connectivity index (χ4v) is 3.34. The van der Waals surface area contributed by atoms with Crippen molar-refractivity contribution >= 4 is 33.6 Å². The van der Waals surface area contributed by atoms with Crippen LogP contribution in [0, 0.1) is 0 Å². The summed E-state index contributed by atoms with van der Waals surface area (Å²) in [6, 6.07) is 4.76. The number of nitrogens with one attached hydrogen (secondary N) is 1. The van der Waals surface area contributed by atoms with Crippen LogP contribution in [0.5, 0.6) is 0 Å². The van der Waals surface area contributed by atoms with Gasteiger partial charge in [0.2, 0.25) is 5.91 Å². The van der Waals surface area contributed by atoms with Crippen LogP contribution in [0.15, 0.2) is 33.7 Å². The van der Waals surface area contributed by atoms with Gasteiger partial charge in [-0.05, 0) is 39.3 Å². The topological polar surface area (TPSA) is 93.0 Å². The molecule has 0 radical (unpaired) electrons. The second kappa shape index (κ2) is 7.90. The third kappa shape index (κ3) is 5.09. The maximum atomic E-state index is 12.7. The molecule has 1 aliphatic heterocycles. The first kappa shape index (κ1) is 20.3. The predicted molar refractivity (Wildman–Crippen MR) is 107 cm³/mol. The van der Waals surface area contributed by atoms with Crippen LogP contribution < -0.4 is 10.9 Å². The standard InChI is InChI=1S/C19H23BrN4O4/c1-19(2,3)28-18(27)23(10-13-4-5-16(25)22-13)11-14-9-17(26)24-7-6-12(20)8-15(24)21-14/h6-9,13H,4-5,10-11H2,1-3H3,(H,22,25)/t13-/m0/s1. The molecule has 9 heteroatoms. The number of hydrogen-bond donors (Lipinski definition) is 1. The third-order valence-corrected chi connectivity index (χ3v) is 4.71. The van der Waals surface area contributed by atoms with Gasteiger partial charge in [-0.3, -0.25) is 14.0 Å². The molecule has 0 aliphatic carbocycles. The van der Waals surface area contributed by atoms with E-state index < -0.39 is 11.7 Å². The van der Waals surface area contributed by atoms with Crippen molar-refractivity contribution in [2.45, 2.75) is 51.8 Å². The first-order valence-electron chi connectivity index (χ1n) is 9.06. The minimum atomic E-state index is -0.657. The average molecular weight is 451 g/mol. The largest absolute Gasteiger partial charge is 0.444 e. The number of carbonyl (C=O) groups excluding carboxylic acids is 2. The first-order valence-corrected chi connectivity index (χ1v) is 9.85. The highest BCUT2D eigenvalue weighted by molar-refractivity contribution is 9.10. The van der Waals surface area contributed by atoms with Crippen LogP contribution in [0.1, 0.15) is 39.3 Å². The lowest BCUT2D eigenvalue weighted by atomic mass is 10.2. The maximum absolute atomic E-state index is 12.7. The molecule has 3 rings (SSSR count). The van der Waals surface area contributed by atoms with Crippen molar-refractivity contribution in [3.63, 3.8) is 0 Å². The van der Waals surface area contributed by atoms with E-state index in [-0.39, 0.29) is 24.1 Å². The lowest BCUT2D eigenvalue weighted by molar-refractivity contribution is -0.119. The predicted octanol–water partition coefficient (Wildman–Crippen LogP) is 2.47. The van der Waals surface area contributed by atoms with Gasteiger partial charge >= 0.3 is 6.09 Å². The van der Waals surface area contributed by atoms with E-state index in [2.05, 4.69) is 26.2 Å². The molecule has 2 amide bonds. The van der Waals surface area contributed by atoms with Crippen LogP contribution in [0.3, 0.4) is 0 Å². The number of fused-ring (bicyclic) bond motifs is 1. The Balaban J connectivity index is 1.87. The second-order valence-electron chi connectivity index (χ2n) is 7.82. The van der Waals surface area contributed by atoms with Crippen LogP contribution in [-0.2, 0) is 16.1 Å². The van der Waals surface area contributed by atoms with E-state index in [9.17, 15) is 14.4 Å². The molecule has 1 fully saturated rings. The van der Waals surface area contributed by atoms with E-state index in [1.54, 1.807) is 39.1 Å². The van der Waals surface area contributed by atoms with Crippen LogP contribution in [0.25, 0.3) is 5.65 Å². The van der Waals surface area contributed by atoms with Gasteiger partial charge in [-0.1, -0.05) is 15.9 Å². The summed E-state index contributed by atoms with van der Waals surface area (Å²) in [6.07, 6.45) is 2.22. The summed E-state index contributed by atoms with van der Waals surface area (Å²) in [7, 11) is 0. The van der Waals surface area contributed by atoms with Crippen LogP contribution >= 0.6 is 15.9 Å². The molecule has 8 nitrogen and oxygen atoms in total. The third-order valence-electron chi connectivity index (χ3n) is 4.21. The molecule has 3 heterocycles. The van der Waals surface area contributed by atoms with E-state index in [1.807, 2.05) is 0 Å². The Kier molecular flexibility index (Phi) is 5.74. The van der Waals surface area contributed by atoms with Gasteiger partial charge in [-0.25, -0.2) is 9.78 Å². The quantitative estimate of drug-likeness (QED) is 0.771. The highest BCUT2D eigenvalue weighted by atomic mass is 79.9. The van der Waals surface area contributed by atoms with E-state index in [4.69, 9.17) is 4.74 Å². The Bertz CT molecular complexity index is 967. The molecule has 1 atom stereocenters. The molecule has 150 valence electrons. The molecule has 2 aromatic rings. The maximum Gasteiger partial charge on any atom is 0.410 e. The van der Waals surface area contributed by atoms with Crippen molar-refractivity contribution in [1.82, 2.24) is 19.6 Å². The summed E-state index contributed by atoms with van der Waals surface area (Å²) in [5.74, 6) is -0.0268. The van der Waals surface area contributed by atoms with Gasteiger partial charge in [0, 0.05) is 35.7 Å². The number of pyridine rings is 1. The lowest BCUT2D eigenvalue weighted by Crippen LogP contribution is -2.44. The van der Waals surface area contributed by atoms with Crippen molar-refractivity contribution in [2.24, 2.45) is 0 Å². The zero-order valence-electron chi connectivity index (χ0n) is 16.1. The number of nitrogens with zero attached hydrogens (tertiary/aromatic N) is 3. The summed E-state index contributed by atoms with van der Waals surface area (Å²) < 4.78 is 7.74. The zero-order chi connectivity index (χ0) is 20.5. The molecule has 0 spiro atoms. The average Bonchev–Trinajstić information content (AvgIpc) is 2.97. The monoisotopic (exact) mass is 450 g/mol. The number of hydrogen-bond acceptors (Lipinski definition) is 5. The summed E-state index contributed by atoms with van der Waals surface area (Å²) in [5.41, 5.74) is 0.0504. The number of aromatic nitrogens is 2. The normalized spacial score (nSPS) is 16.9. The van der Waals surface area contributed by atoms with Crippen molar-refractivity contribution in [2.75, 3.05) is 6.54 Å². The number of amides is 2. The number of halogens is 1. The smallest absolute Gasteiger partial charge is 0.410 e. The highest BCUT2D eigenvalue weighted by Gasteiger charge is 2.28. The van der Waals surface area contributed by atoms with Crippen molar-refractivity contribution in [3.8, 4) is 0 Å². The fraction of sp³-hybridized carbons (Fsp3) is 0.474. The van der Waals surface area contributed by atoms with Gasteiger partial charge in [0.25, 0.3) is 5.56 Å². The van der Waals surface area contributed by atoms with E-state index in [1.165, 1.54) is 15.4 Å². The Hall–Kier alpha value is -2.42. The van der Waals surface area contributed by atoms with E-state index in [0.717, 1.165) is 4.47 Å². The van der Waals surface area contributed by atoms with E-state index >= 15 is 0 Å². The molecular formula is C19H23BrN4O4. The Labute approximate surface area is 171 Å². The molecule has 0 aromatic carbocycles. The fourth-order valence-electron chi connectivity index (χ4n) is 3.01. The molecule has 0 saturated carbocycles. The van der Waals surface area contributed by atoms with Crippen molar-refractivity contribution in [1.29, 1.82) is 0 Å². The molecule has 1 aliphatic rings. The number of carbonyl (C=O) groups is 2. The van der Waals surface area contributed by atoms with Gasteiger partial charge in [-0.15, -0.1) is 0 Å². The molecule has 1 N–H and O–H groups in total. The van der Waals surface area contributed by atoms with Crippen LogP contribution in [0.2, 0.25) is 0 Å². The van der Waals surface area contributed by atoms with Gasteiger partial charge in [0.15, 0.2) is 0 Å². The van der Waals surface area contributed by atoms with Gasteiger partial charge in [0.1, 0.15) is 11.2 Å². The Morgan fingerprint density at radius 2 is 2.14 bits per heavy atom. The highest BCUT2D eigenvalue weighted by Crippen LogP contribution is 2.16. The number of rotatable bonds is 4. The molecule has 28 heavy (non-hydrogen) atoms. The minimum absolute atomic E-state index is 0.0268. The zero-order valence-corrected chi connectivity index (χ0v) is 17.7. The molecule has 2 aromatic heterocycles. The Morgan fingerprint density at radius 3 is 2.79 bits per heavy atom. The van der Waals surface area contributed by atoms with Crippen molar-refractivity contribution < 1.29 is 14.3 Å². The first-order chi connectivity index (χ1) is 13.1. The minimum Gasteiger partial charge on any atom is -0.444 e.